The van der Waals surface area contributed by atoms with E-state index in [2.05, 4.69) is 87.2 Å². The number of nitrogens with zero attached hydrogens (tertiary/aromatic N) is 1. The molecule has 4 fully saturated rings. The average molecular weight is 647 g/mol. The fraction of sp³-hybridized carbons (Fsp3) is 0.375. The van der Waals surface area contributed by atoms with Gasteiger partial charge in [0.05, 0.1) is 15.3 Å². The molecule has 0 aromatic heterocycles. The predicted molar refractivity (Wildman–Crippen MR) is 205 cm³/mol. The maximum atomic E-state index is 9.86. The van der Waals surface area contributed by atoms with Crippen LogP contribution >= 0.6 is 0 Å². The van der Waals surface area contributed by atoms with Gasteiger partial charge in [-0.3, -0.25) is 0 Å². The minimum atomic E-state index is -0.811. The number of hydrogen-bond acceptors (Lipinski definition) is 1. The Kier molecular flexibility index (Phi) is 4.98. The molecule has 0 saturated heterocycles. The van der Waals surface area contributed by atoms with Crippen molar-refractivity contribution in [3.8, 4) is 22.3 Å². The Balaban J connectivity index is 1.31. The molecule has 1 nitrogen and oxygen atoms in total. The van der Waals surface area contributed by atoms with Gasteiger partial charge >= 0.3 is 0 Å². The molecule has 0 aliphatic heterocycles. The summed E-state index contributed by atoms with van der Waals surface area (Å²) < 4.78 is 66.4. The van der Waals surface area contributed by atoms with E-state index in [4.69, 9.17) is 2.74 Å². The van der Waals surface area contributed by atoms with E-state index in [-0.39, 0.29) is 65.0 Å². The second-order valence-corrected chi connectivity index (χ2v) is 17.1. The van der Waals surface area contributed by atoms with Crippen LogP contribution in [-0.4, -0.2) is 0 Å². The molecule has 6 aliphatic carbocycles. The molecular weight excluding hydrogens is 591 g/mol. The van der Waals surface area contributed by atoms with E-state index in [1.54, 1.807) is 0 Å². The first kappa shape index (κ1) is 23.3. The lowest BCUT2D eigenvalue weighted by atomic mass is 9.43. The van der Waals surface area contributed by atoms with E-state index >= 15 is 0 Å². The van der Waals surface area contributed by atoms with Gasteiger partial charge in [0.15, 0.2) is 0 Å². The third-order valence-corrected chi connectivity index (χ3v) is 13.6. The fourth-order valence-electron chi connectivity index (χ4n) is 11.4. The van der Waals surface area contributed by atoms with Gasteiger partial charge in [-0.1, -0.05) is 112 Å². The van der Waals surface area contributed by atoms with Crippen molar-refractivity contribution in [1.29, 1.82) is 0 Å². The summed E-state index contributed by atoms with van der Waals surface area (Å²) in [6.45, 7) is 9.22. The number of rotatable bonds is 4. The molecule has 0 atom stereocenters. The highest BCUT2D eigenvalue weighted by atomic mass is 15.1. The maximum absolute atomic E-state index is 9.86. The molecule has 246 valence electrons. The Morgan fingerprint density at radius 3 is 1.90 bits per heavy atom. The van der Waals surface area contributed by atoms with Gasteiger partial charge in [0.1, 0.15) is 0 Å². The monoisotopic (exact) mass is 646 g/mol. The van der Waals surface area contributed by atoms with Crippen molar-refractivity contribution in [3.63, 3.8) is 0 Å². The van der Waals surface area contributed by atoms with Crippen LogP contribution in [0.15, 0.2) is 115 Å². The molecule has 4 bridgehead atoms. The first-order valence-electron chi connectivity index (χ1n) is 22.0. The molecule has 1 spiro atoms. The molecule has 0 N–H and O–H groups in total. The van der Waals surface area contributed by atoms with E-state index in [0.717, 1.165) is 61.0 Å². The van der Waals surface area contributed by atoms with Crippen LogP contribution in [0.25, 0.3) is 22.3 Å². The lowest BCUT2D eigenvalue weighted by Crippen LogP contribution is -2.55. The Morgan fingerprint density at radius 1 is 0.571 bits per heavy atom. The molecule has 4 saturated carbocycles. The van der Waals surface area contributed by atoms with Gasteiger partial charge in [0.2, 0.25) is 0 Å². The smallest absolute Gasteiger partial charge is 0.0645 e. The van der Waals surface area contributed by atoms with Crippen LogP contribution in [0.4, 0.5) is 17.1 Å². The highest BCUT2D eigenvalue weighted by Crippen LogP contribution is 2.70. The minimum Gasteiger partial charge on any atom is -0.310 e. The molecular formula is C48H49N. The maximum Gasteiger partial charge on any atom is 0.0645 e. The first-order chi connectivity index (χ1) is 26.6. The van der Waals surface area contributed by atoms with Crippen molar-refractivity contribution < 1.29 is 9.60 Å². The average Bonchev–Trinajstić information content (AvgIpc) is 3.50. The van der Waals surface area contributed by atoms with Crippen LogP contribution in [0.5, 0.6) is 0 Å². The van der Waals surface area contributed by atoms with Crippen LogP contribution in [0.2, 0.25) is 0 Å². The van der Waals surface area contributed by atoms with Crippen LogP contribution in [0.3, 0.4) is 0 Å². The van der Waals surface area contributed by atoms with Crippen LogP contribution < -0.4 is 4.90 Å². The molecule has 11 rings (SSSR count). The third-order valence-electron chi connectivity index (χ3n) is 13.6. The molecule has 0 amide bonds. The van der Waals surface area contributed by atoms with Crippen LogP contribution in [-0.2, 0) is 16.2 Å². The van der Waals surface area contributed by atoms with Crippen molar-refractivity contribution in [2.45, 2.75) is 88.9 Å². The molecule has 0 unspecified atom stereocenters. The summed E-state index contributed by atoms with van der Waals surface area (Å²) in [5.74, 6) is 1.37. The van der Waals surface area contributed by atoms with Gasteiger partial charge in [-0.15, -0.1) is 0 Å². The third kappa shape index (κ3) is 4.24. The number of fused-ring (bicyclic) bond motifs is 4. The minimum absolute atomic E-state index is 0.00184. The fourth-order valence-corrected chi connectivity index (χ4v) is 11.4. The summed E-state index contributed by atoms with van der Waals surface area (Å²) in [6.07, 6.45) is 7.15. The second kappa shape index (κ2) is 10.5. The lowest BCUT2D eigenvalue weighted by molar-refractivity contribution is -0.0399. The molecule has 5 aromatic carbocycles. The van der Waals surface area contributed by atoms with Crippen molar-refractivity contribution in [2.75, 3.05) is 4.90 Å². The summed E-state index contributed by atoms with van der Waals surface area (Å²) in [6, 6.07) is 24.2. The van der Waals surface area contributed by atoms with Crippen molar-refractivity contribution in [3.05, 3.63) is 137 Å². The normalized spacial score (nSPS) is 29.8. The van der Waals surface area contributed by atoms with E-state index in [9.17, 15) is 6.85 Å². The Morgan fingerprint density at radius 2 is 1.18 bits per heavy atom. The van der Waals surface area contributed by atoms with Gasteiger partial charge in [-0.05, 0) is 149 Å². The first-order valence-corrected chi connectivity index (χ1v) is 18.5. The van der Waals surface area contributed by atoms with Crippen molar-refractivity contribution in [1.82, 2.24) is 0 Å². The van der Waals surface area contributed by atoms with Gasteiger partial charge in [0.25, 0.3) is 0 Å². The molecule has 5 aromatic rings. The van der Waals surface area contributed by atoms with E-state index in [1.165, 1.54) is 17.5 Å². The van der Waals surface area contributed by atoms with Gasteiger partial charge in [-0.25, -0.2) is 0 Å². The van der Waals surface area contributed by atoms with Crippen molar-refractivity contribution >= 4 is 17.1 Å². The molecule has 1 heteroatoms. The molecule has 0 radical (unpaired) electrons. The Bertz CT molecular complexity index is 2440. The quantitative estimate of drug-likeness (QED) is 0.188. The van der Waals surface area contributed by atoms with E-state index in [1.807, 2.05) is 18.2 Å². The van der Waals surface area contributed by atoms with Crippen LogP contribution in [0.1, 0.15) is 104 Å². The molecule has 6 aliphatic rings. The largest absolute Gasteiger partial charge is 0.310 e. The summed E-state index contributed by atoms with van der Waals surface area (Å²) in [4.78, 5) is 2.07. The standard InChI is InChI=1S/C48H49N/c1-46(2)23-24-47(3,4)43-30-38(21-22-41(43)46)49(37-19-17-34(18-20-37)33-11-6-5-7-12-33)44-16-10-15-42-45(44)39-13-8-9-14-40(39)48(42)35-26-31-25-32(28-35)29-36(48)27-31/h5-22,30-32,35-36H,23-29H2,1-4H3/i8D,9D,10D,13D,14D,15D,16D. The highest BCUT2D eigenvalue weighted by molar-refractivity contribution is 5.95. The zero-order chi connectivity index (χ0) is 39.2. The molecule has 0 heterocycles. The summed E-state index contributed by atoms with van der Waals surface area (Å²) in [5, 5.41) is 0. The Hall–Kier alpha value is -4.10. The molecule has 49 heavy (non-hydrogen) atoms. The van der Waals surface area contributed by atoms with Gasteiger partial charge in [-0.2, -0.15) is 0 Å². The van der Waals surface area contributed by atoms with E-state index < -0.39 is 5.41 Å². The summed E-state index contributed by atoms with van der Waals surface area (Å²) >= 11 is 0. The topological polar surface area (TPSA) is 3.24 Å². The number of benzene rings is 5. The van der Waals surface area contributed by atoms with Crippen molar-refractivity contribution in [2.24, 2.45) is 23.7 Å². The zero-order valence-electron chi connectivity index (χ0n) is 36.1. The number of hydrogen-bond donors (Lipinski definition) is 0. The van der Waals surface area contributed by atoms with Gasteiger partial charge < -0.3 is 4.90 Å². The van der Waals surface area contributed by atoms with Crippen LogP contribution in [0, 0.1) is 23.7 Å². The van der Waals surface area contributed by atoms with E-state index in [0.29, 0.717) is 39.8 Å². The zero-order valence-corrected chi connectivity index (χ0v) is 29.1. The highest BCUT2D eigenvalue weighted by Gasteiger charge is 2.61. The second-order valence-electron chi connectivity index (χ2n) is 17.1. The number of anilines is 3. The van der Waals surface area contributed by atoms with Gasteiger partial charge in [0, 0.05) is 22.4 Å². The Labute approximate surface area is 303 Å². The predicted octanol–water partition coefficient (Wildman–Crippen LogP) is 12.9. The SMILES string of the molecule is [2H]c1c([2H])c([2H])c2c(c1[2H])-c1c(N(c3ccc(-c4ccccc4)cc3)c3ccc4c(c3)C(C)(C)CCC4(C)C)c([2H])c([2H])c([2H])c1C21C2CC3CC(C2)CC1C3. The summed E-state index contributed by atoms with van der Waals surface area (Å²) in [7, 11) is 0. The lowest BCUT2D eigenvalue weighted by Gasteiger charge is -2.61. The summed E-state index contributed by atoms with van der Waals surface area (Å²) in [5.41, 5.74) is 8.09.